The van der Waals surface area contributed by atoms with Crippen LogP contribution in [0.2, 0.25) is 0 Å². The van der Waals surface area contributed by atoms with E-state index in [9.17, 15) is 14.4 Å². The zero-order valence-corrected chi connectivity index (χ0v) is 15.7. The smallest absolute Gasteiger partial charge is 0.331 e. The Morgan fingerprint density at radius 2 is 1.75 bits per heavy atom. The number of benzene rings is 2. The molecule has 0 bridgehead atoms. The lowest BCUT2D eigenvalue weighted by Crippen LogP contribution is -2.42. The zero-order chi connectivity index (χ0) is 20.1. The summed E-state index contributed by atoms with van der Waals surface area (Å²) in [4.78, 5) is 37.3. The maximum atomic E-state index is 12.7. The van der Waals surface area contributed by atoms with Crippen LogP contribution in [-0.2, 0) is 17.9 Å². The predicted octanol–water partition coefficient (Wildman–Crippen LogP) is 2.01. The molecule has 28 heavy (non-hydrogen) atoms. The molecule has 0 aliphatic heterocycles. The molecule has 0 aliphatic rings. The summed E-state index contributed by atoms with van der Waals surface area (Å²) < 4.78 is 7.53. The minimum atomic E-state index is -0.536. The third kappa shape index (κ3) is 4.20. The molecule has 0 radical (unpaired) electrons. The molecular formula is C21H21N3O4. The number of methoxy groups -OCH3 is 1. The first kappa shape index (κ1) is 19.2. The van der Waals surface area contributed by atoms with E-state index in [2.05, 4.69) is 5.32 Å². The Balaban J connectivity index is 1.84. The van der Waals surface area contributed by atoms with Crippen LogP contribution >= 0.6 is 0 Å². The largest absolute Gasteiger partial charge is 0.495 e. The van der Waals surface area contributed by atoms with Gasteiger partial charge in [0.15, 0.2) is 0 Å². The lowest BCUT2D eigenvalue weighted by atomic mass is 10.1. The van der Waals surface area contributed by atoms with Crippen LogP contribution in [0.4, 0.5) is 5.69 Å². The Morgan fingerprint density at radius 1 is 1.04 bits per heavy atom. The van der Waals surface area contributed by atoms with Gasteiger partial charge in [-0.15, -0.1) is 0 Å². The van der Waals surface area contributed by atoms with Crippen molar-refractivity contribution in [2.45, 2.75) is 20.0 Å². The minimum absolute atomic E-state index is 0.319. The molecule has 0 spiro atoms. The average molecular weight is 379 g/mol. The van der Waals surface area contributed by atoms with E-state index in [0.717, 1.165) is 15.7 Å². The molecule has 2 aromatic carbocycles. The van der Waals surface area contributed by atoms with Crippen LogP contribution in [0.15, 0.2) is 70.4 Å². The van der Waals surface area contributed by atoms with Crippen molar-refractivity contribution in [3.8, 4) is 5.75 Å². The van der Waals surface area contributed by atoms with Gasteiger partial charge in [0, 0.05) is 12.3 Å². The summed E-state index contributed by atoms with van der Waals surface area (Å²) in [6.07, 6.45) is 1.45. The molecular weight excluding hydrogens is 358 g/mol. The Hall–Kier alpha value is -3.61. The van der Waals surface area contributed by atoms with Crippen molar-refractivity contribution in [3.05, 3.63) is 92.8 Å². The fourth-order valence-corrected chi connectivity index (χ4v) is 2.87. The van der Waals surface area contributed by atoms with Gasteiger partial charge in [0.25, 0.3) is 5.56 Å². The van der Waals surface area contributed by atoms with Crippen LogP contribution in [0.3, 0.4) is 0 Å². The quantitative estimate of drug-likeness (QED) is 0.710. The molecule has 0 unspecified atom stereocenters. The Morgan fingerprint density at radius 3 is 2.50 bits per heavy atom. The van der Waals surface area contributed by atoms with Crippen LogP contribution in [0.25, 0.3) is 0 Å². The van der Waals surface area contributed by atoms with E-state index in [1.165, 1.54) is 23.9 Å². The van der Waals surface area contributed by atoms with Gasteiger partial charge in [-0.2, -0.15) is 0 Å². The van der Waals surface area contributed by atoms with E-state index in [0.29, 0.717) is 18.0 Å². The van der Waals surface area contributed by atoms with E-state index < -0.39 is 17.2 Å². The summed E-state index contributed by atoms with van der Waals surface area (Å²) in [5.41, 5.74) is 1.42. The van der Waals surface area contributed by atoms with Crippen LogP contribution in [-0.4, -0.2) is 22.2 Å². The third-order valence-electron chi connectivity index (χ3n) is 4.42. The number of nitrogens with one attached hydrogen (secondary N) is 1. The summed E-state index contributed by atoms with van der Waals surface area (Å²) in [7, 11) is 1.50. The summed E-state index contributed by atoms with van der Waals surface area (Å²) in [6.45, 7) is 1.89. The van der Waals surface area contributed by atoms with Gasteiger partial charge >= 0.3 is 5.69 Å². The van der Waals surface area contributed by atoms with Crippen molar-refractivity contribution in [2.75, 3.05) is 12.4 Å². The zero-order valence-electron chi connectivity index (χ0n) is 15.7. The molecule has 7 nitrogen and oxygen atoms in total. The summed E-state index contributed by atoms with van der Waals surface area (Å²) in [5, 5.41) is 2.67. The number of ether oxygens (including phenoxy) is 1. The second-order valence-corrected chi connectivity index (χ2v) is 6.33. The van der Waals surface area contributed by atoms with Crippen molar-refractivity contribution in [1.29, 1.82) is 0 Å². The third-order valence-corrected chi connectivity index (χ3v) is 4.42. The molecule has 1 N–H and O–H groups in total. The number of hydrogen-bond donors (Lipinski definition) is 1. The number of para-hydroxylation sites is 2. The van der Waals surface area contributed by atoms with E-state index >= 15 is 0 Å². The van der Waals surface area contributed by atoms with Gasteiger partial charge in [-0.3, -0.25) is 18.7 Å². The molecule has 3 rings (SSSR count). The summed E-state index contributed by atoms with van der Waals surface area (Å²) >= 11 is 0. The van der Waals surface area contributed by atoms with E-state index in [1.807, 2.05) is 31.2 Å². The first-order valence-corrected chi connectivity index (χ1v) is 8.77. The van der Waals surface area contributed by atoms with Gasteiger partial charge in [0.2, 0.25) is 5.91 Å². The fraction of sp³-hybridized carbons (Fsp3) is 0.190. The number of aryl methyl sites for hydroxylation is 1. The molecule has 0 aliphatic carbocycles. The predicted molar refractivity (Wildman–Crippen MR) is 107 cm³/mol. The standard InChI is InChI=1S/C21H21N3O4/c1-15-7-3-4-8-16(15)13-23-12-11-20(26)24(21(23)27)14-19(25)22-17-9-5-6-10-18(17)28-2/h3-12H,13-14H2,1-2H3,(H,22,25). The lowest BCUT2D eigenvalue weighted by Gasteiger charge is -2.12. The Kier molecular flexibility index (Phi) is 5.74. The SMILES string of the molecule is COc1ccccc1NC(=O)Cn1c(=O)ccn(Cc2ccccc2C)c1=O. The number of carbonyl (C=O) groups excluding carboxylic acids is 1. The maximum absolute atomic E-state index is 12.7. The molecule has 7 heteroatoms. The molecule has 0 saturated carbocycles. The van der Waals surface area contributed by atoms with Crippen molar-refractivity contribution >= 4 is 11.6 Å². The van der Waals surface area contributed by atoms with Crippen LogP contribution < -0.4 is 21.3 Å². The van der Waals surface area contributed by atoms with Gasteiger partial charge in [0.05, 0.1) is 19.3 Å². The number of hydrogen-bond acceptors (Lipinski definition) is 4. The Labute approximate surface area is 161 Å². The maximum Gasteiger partial charge on any atom is 0.331 e. The average Bonchev–Trinajstić information content (AvgIpc) is 2.69. The molecule has 144 valence electrons. The Bertz CT molecular complexity index is 1110. The highest BCUT2D eigenvalue weighted by molar-refractivity contribution is 5.92. The second-order valence-electron chi connectivity index (χ2n) is 6.33. The number of nitrogens with zero attached hydrogens (tertiary/aromatic N) is 2. The number of aromatic nitrogens is 2. The number of carbonyl (C=O) groups is 1. The normalized spacial score (nSPS) is 10.5. The van der Waals surface area contributed by atoms with Crippen molar-refractivity contribution in [3.63, 3.8) is 0 Å². The van der Waals surface area contributed by atoms with E-state index in [1.54, 1.807) is 24.3 Å². The van der Waals surface area contributed by atoms with Crippen LogP contribution in [0.1, 0.15) is 11.1 Å². The minimum Gasteiger partial charge on any atom is -0.495 e. The van der Waals surface area contributed by atoms with Crippen LogP contribution in [0, 0.1) is 6.92 Å². The molecule has 1 aromatic heterocycles. The molecule has 0 saturated heterocycles. The first-order valence-electron chi connectivity index (χ1n) is 8.77. The van der Waals surface area contributed by atoms with Gasteiger partial charge in [-0.05, 0) is 30.2 Å². The topological polar surface area (TPSA) is 82.3 Å². The highest BCUT2D eigenvalue weighted by Gasteiger charge is 2.12. The number of anilines is 1. The highest BCUT2D eigenvalue weighted by atomic mass is 16.5. The van der Waals surface area contributed by atoms with Gasteiger partial charge < -0.3 is 10.1 Å². The van der Waals surface area contributed by atoms with Crippen molar-refractivity contribution in [1.82, 2.24) is 9.13 Å². The van der Waals surface area contributed by atoms with E-state index in [4.69, 9.17) is 4.74 Å². The number of amides is 1. The second kappa shape index (κ2) is 8.39. The fourth-order valence-electron chi connectivity index (χ4n) is 2.87. The first-order chi connectivity index (χ1) is 13.5. The van der Waals surface area contributed by atoms with Gasteiger partial charge in [-0.1, -0.05) is 36.4 Å². The lowest BCUT2D eigenvalue weighted by molar-refractivity contribution is -0.116. The highest BCUT2D eigenvalue weighted by Crippen LogP contribution is 2.22. The monoisotopic (exact) mass is 379 g/mol. The van der Waals surface area contributed by atoms with Crippen molar-refractivity contribution < 1.29 is 9.53 Å². The van der Waals surface area contributed by atoms with Crippen LogP contribution in [0.5, 0.6) is 5.75 Å². The number of rotatable bonds is 6. The molecule has 1 heterocycles. The molecule has 0 fully saturated rings. The van der Waals surface area contributed by atoms with Gasteiger partial charge in [-0.25, -0.2) is 4.79 Å². The summed E-state index contributed by atoms with van der Waals surface area (Å²) in [6, 6.07) is 15.9. The summed E-state index contributed by atoms with van der Waals surface area (Å²) in [5.74, 6) is 0.00515. The molecule has 1 amide bonds. The molecule has 0 atom stereocenters. The van der Waals surface area contributed by atoms with E-state index in [-0.39, 0.29) is 6.54 Å². The van der Waals surface area contributed by atoms with Crippen molar-refractivity contribution in [2.24, 2.45) is 0 Å². The molecule has 3 aromatic rings. The van der Waals surface area contributed by atoms with Gasteiger partial charge in [0.1, 0.15) is 12.3 Å².